The monoisotopic (exact) mass is 376 g/mol. The molecule has 1 aliphatic rings. The normalized spacial score (nSPS) is 14.6. The Morgan fingerprint density at radius 2 is 1.58 bits per heavy atom. The van der Waals surface area contributed by atoms with Crippen LogP contribution in [-0.4, -0.2) is 34.2 Å². The average Bonchev–Trinajstić information content (AvgIpc) is 3.15. The van der Waals surface area contributed by atoms with Crippen LogP contribution in [0.4, 0.5) is 22.0 Å². The Balaban J connectivity index is 1.81. The molecule has 12 heteroatoms. The molecule has 0 radical (unpaired) electrons. The van der Waals surface area contributed by atoms with Crippen molar-refractivity contribution in [2.45, 2.75) is 12.1 Å². The number of carbonyl (C=O) groups excluding carboxylic acids is 3. The van der Waals surface area contributed by atoms with E-state index in [9.17, 15) is 36.3 Å². The second kappa shape index (κ2) is 5.61. The first-order valence-corrected chi connectivity index (χ1v) is 6.66. The van der Waals surface area contributed by atoms with Crippen molar-refractivity contribution >= 4 is 17.8 Å². The number of hydroxylamine groups is 2. The summed E-state index contributed by atoms with van der Waals surface area (Å²) in [6, 6.07) is 5.45. The number of alkyl halides is 5. The van der Waals surface area contributed by atoms with Gasteiger partial charge >= 0.3 is 18.1 Å². The predicted octanol–water partition coefficient (Wildman–Crippen LogP) is 2.70. The van der Waals surface area contributed by atoms with Gasteiger partial charge in [-0.05, 0) is 12.1 Å². The number of halogens is 5. The number of rotatable bonds is 3. The lowest BCUT2D eigenvalue weighted by Gasteiger charge is -2.15. The van der Waals surface area contributed by atoms with E-state index in [2.05, 4.69) is 14.5 Å². The zero-order valence-corrected chi connectivity index (χ0v) is 12.2. The maximum Gasteiger partial charge on any atom is 0.461 e. The fourth-order valence-corrected chi connectivity index (χ4v) is 2.04. The van der Waals surface area contributed by atoms with Gasteiger partial charge in [-0.3, -0.25) is 9.59 Å². The Labute approximate surface area is 139 Å². The van der Waals surface area contributed by atoms with Gasteiger partial charge < -0.3 is 9.36 Å². The quantitative estimate of drug-likeness (QED) is 0.605. The van der Waals surface area contributed by atoms with Gasteiger partial charge in [-0.1, -0.05) is 22.4 Å². The fraction of sp³-hybridized carbons (Fsp3) is 0.143. The van der Waals surface area contributed by atoms with Crippen LogP contribution in [0.15, 0.2) is 34.9 Å². The Morgan fingerprint density at radius 1 is 1.04 bits per heavy atom. The molecular formula is C14H5F5N2O5. The minimum Gasteiger partial charge on any atom is -0.354 e. The minimum atomic E-state index is -5.98. The lowest BCUT2D eigenvalue weighted by molar-refractivity contribution is -0.296. The highest BCUT2D eigenvalue weighted by molar-refractivity contribution is 6.21. The molecule has 0 aliphatic carbocycles. The van der Waals surface area contributed by atoms with Gasteiger partial charge in [-0.15, -0.1) is 0 Å². The summed E-state index contributed by atoms with van der Waals surface area (Å²) in [6.45, 7) is 0. The van der Waals surface area contributed by atoms with Crippen molar-refractivity contribution in [3.05, 3.63) is 52.9 Å². The summed E-state index contributed by atoms with van der Waals surface area (Å²) in [5, 5.41) is 2.80. The lowest BCUT2D eigenvalue weighted by Crippen LogP contribution is -2.33. The Kier molecular flexibility index (Phi) is 3.78. The number of amides is 2. The van der Waals surface area contributed by atoms with Crippen LogP contribution in [0.25, 0.3) is 0 Å². The highest BCUT2D eigenvalue weighted by atomic mass is 19.4. The minimum absolute atomic E-state index is 0.00793. The number of nitrogens with zero attached hydrogens (tertiary/aromatic N) is 2. The third-order valence-corrected chi connectivity index (χ3v) is 3.32. The molecule has 3 rings (SSSR count). The maximum absolute atomic E-state index is 13.1. The third-order valence-electron chi connectivity index (χ3n) is 3.32. The summed E-state index contributed by atoms with van der Waals surface area (Å²) >= 11 is 0. The SMILES string of the molecule is O=C(ON1C(=O)c2ccccc2C1=O)c1cc(C(F)(F)C(F)(F)F)on1. The van der Waals surface area contributed by atoms with Gasteiger partial charge in [0.1, 0.15) is 0 Å². The third kappa shape index (κ3) is 2.59. The van der Waals surface area contributed by atoms with Crippen LogP contribution >= 0.6 is 0 Å². The van der Waals surface area contributed by atoms with Crippen LogP contribution < -0.4 is 0 Å². The van der Waals surface area contributed by atoms with Crippen LogP contribution in [0.2, 0.25) is 0 Å². The molecule has 1 aromatic heterocycles. The zero-order chi connectivity index (χ0) is 19.3. The second-order valence-electron chi connectivity index (χ2n) is 4.98. The van der Waals surface area contributed by atoms with Gasteiger partial charge in [0.15, 0.2) is 5.69 Å². The molecule has 0 N–H and O–H groups in total. The first-order valence-electron chi connectivity index (χ1n) is 6.66. The second-order valence-corrected chi connectivity index (χ2v) is 4.98. The van der Waals surface area contributed by atoms with Crippen molar-refractivity contribution in [3.8, 4) is 0 Å². The van der Waals surface area contributed by atoms with Gasteiger partial charge in [0.05, 0.1) is 11.1 Å². The molecule has 2 aromatic rings. The molecule has 0 spiro atoms. The molecule has 0 unspecified atom stereocenters. The van der Waals surface area contributed by atoms with Crippen molar-refractivity contribution in [1.82, 2.24) is 10.2 Å². The molecule has 26 heavy (non-hydrogen) atoms. The Hall–Kier alpha value is -3.31. The van der Waals surface area contributed by atoms with Crippen LogP contribution in [0, 0.1) is 0 Å². The first kappa shape index (κ1) is 17.5. The van der Waals surface area contributed by atoms with E-state index in [0.29, 0.717) is 0 Å². The van der Waals surface area contributed by atoms with E-state index in [1.807, 2.05) is 0 Å². The van der Waals surface area contributed by atoms with Crippen molar-refractivity contribution in [1.29, 1.82) is 0 Å². The maximum atomic E-state index is 13.1. The number of hydrogen-bond donors (Lipinski definition) is 0. The molecule has 2 amide bonds. The number of imide groups is 1. The highest BCUT2D eigenvalue weighted by Crippen LogP contribution is 2.44. The molecule has 7 nitrogen and oxygen atoms in total. The van der Waals surface area contributed by atoms with Gasteiger partial charge in [0.2, 0.25) is 5.76 Å². The van der Waals surface area contributed by atoms with Crippen molar-refractivity contribution in [2.75, 3.05) is 0 Å². The van der Waals surface area contributed by atoms with Gasteiger partial charge in [-0.2, -0.15) is 22.0 Å². The molecule has 2 heterocycles. The summed E-state index contributed by atoms with van der Waals surface area (Å²) in [5.74, 6) is -11.0. The number of benzene rings is 1. The topological polar surface area (TPSA) is 89.7 Å². The Morgan fingerprint density at radius 3 is 2.08 bits per heavy atom. The molecule has 1 aliphatic heterocycles. The summed E-state index contributed by atoms with van der Waals surface area (Å²) in [5.41, 5.74) is -1.23. The molecule has 136 valence electrons. The molecule has 0 fully saturated rings. The summed E-state index contributed by atoms with van der Waals surface area (Å²) in [6.07, 6.45) is -5.98. The van der Waals surface area contributed by atoms with Crippen molar-refractivity contribution < 1.29 is 45.7 Å². The van der Waals surface area contributed by atoms with Crippen molar-refractivity contribution in [2.24, 2.45) is 0 Å². The van der Waals surface area contributed by atoms with E-state index in [4.69, 9.17) is 0 Å². The molecule has 0 saturated heterocycles. The van der Waals surface area contributed by atoms with Crippen LogP contribution in [0.1, 0.15) is 37.0 Å². The van der Waals surface area contributed by atoms with Gasteiger partial charge in [0, 0.05) is 6.07 Å². The van der Waals surface area contributed by atoms with E-state index >= 15 is 0 Å². The molecular weight excluding hydrogens is 371 g/mol. The van der Waals surface area contributed by atoms with Crippen LogP contribution in [0.5, 0.6) is 0 Å². The molecule has 0 saturated carbocycles. The predicted molar refractivity (Wildman–Crippen MR) is 68.8 cm³/mol. The summed E-state index contributed by atoms with van der Waals surface area (Å²) in [7, 11) is 0. The zero-order valence-electron chi connectivity index (χ0n) is 12.2. The standard InChI is InChI=1S/C14H5F5N2O5/c15-13(16,14(17,18)19)9-5-8(20-25-9)12(24)26-21-10(22)6-3-1-2-4-7(6)11(21)23/h1-5H. The van der Waals surface area contributed by atoms with Gasteiger partial charge in [0.25, 0.3) is 11.8 Å². The highest BCUT2D eigenvalue weighted by Gasteiger charge is 2.61. The average molecular weight is 376 g/mol. The smallest absolute Gasteiger partial charge is 0.354 e. The van der Waals surface area contributed by atoms with E-state index in [-0.39, 0.29) is 22.3 Å². The number of hydrogen-bond acceptors (Lipinski definition) is 6. The summed E-state index contributed by atoms with van der Waals surface area (Å²) < 4.78 is 66.9. The van der Waals surface area contributed by atoms with E-state index < -0.39 is 41.3 Å². The van der Waals surface area contributed by atoms with Crippen LogP contribution in [0.3, 0.4) is 0 Å². The van der Waals surface area contributed by atoms with Gasteiger partial charge in [-0.25, -0.2) is 4.79 Å². The number of fused-ring (bicyclic) bond motifs is 1. The number of carbonyl (C=O) groups is 3. The van der Waals surface area contributed by atoms with Crippen molar-refractivity contribution in [3.63, 3.8) is 0 Å². The Bertz CT molecular complexity index is 885. The van der Waals surface area contributed by atoms with E-state index in [1.54, 1.807) is 0 Å². The van der Waals surface area contributed by atoms with E-state index in [0.717, 1.165) is 0 Å². The fourth-order valence-electron chi connectivity index (χ4n) is 2.04. The lowest BCUT2D eigenvalue weighted by atomic mass is 10.1. The van der Waals surface area contributed by atoms with E-state index in [1.165, 1.54) is 24.3 Å². The molecule has 1 aromatic carbocycles. The first-order chi connectivity index (χ1) is 12.0. The molecule has 0 bridgehead atoms. The summed E-state index contributed by atoms with van der Waals surface area (Å²) in [4.78, 5) is 40.2. The largest absolute Gasteiger partial charge is 0.461 e. The number of aromatic nitrogens is 1. The van der Waals surface area contributed by atoms with Crippen LogP contribution in [-0.2, 0) is 10.8 Å². The molecule has 0 atom stereocenters.